The molecule has 0 aromatic carbocycles. The number of nitrogens with one attached hydrogen (secondary N) is 1. The second-order valence-corrected chi connectivity index (χ2v) is 6.75. The molecule has 4 rings (SSSR count). The maximum Gasteiger partial charge on any atom is 0.158 e. The van der Waals surface area contributed by atoms with Crippen molar-refractivity contribution in [2.75, 3.05) is 19.6 Å². The molecule has 0 unspecified atom stereocenters. The number of aryl methyl sites for hydroxylation is 1. The first-order valence-corrected chi connectivity index (χ1v) is 8.35. The summed E-state index contributed by atoms with van der Waals surface area (Å²) in [4.78, 5) is 19.6. The smallest absolute Gasteiger partial charge is 0.158 e. The lowest BCUT2D eigenvalue weighted by atomic mass is 9.92. The second kappa shape index (κ2) is 5.80. The molecule has 1 atom stereocenters. The highest BCUT2D eigenvalue weighted by atomic mass is 15.1. The van der Waals surface area contributed by atoms with Crippen molar-refractivity contribution < 1.29 is 0 Å². The lowest BCUT2D eigenvalue weighted by Gasteiger charge is -2.32. The van der Waals surface area contributed by atoms with Gasteiger partial charge in [0.15, 0.2) is 5.82 Å². The largest absolute Gasteiger partial charge is 0.341 e. The number of aromatic nitrogens is 4. The Hall–Kier alpha value is -1.75. The van der Waals surface area contributed by atoms with Gasteiger partial charge < -0.3 is 9.88 Å². The molecule has 2 aromatic heterocycles. The first-order valence-electron chi connectivity index (χ1n) is 8.35. The normalized spacial score (nSPS) is 22.9. The molecule has 0 bridgehead atoms. The van der Waals surface area contributed by atoms with E-state index in [0.29, 0.717) is 5.92 Å². The van der Waals surface area contributed by atoms with Gasteiger partial charge in [0, 0.05) is 43.3 Å². The number of likely N-dealkylation sites (tertiary alicyclic amines) is 1. The van der Waals surface area contributed by atoms with Crippen LogP contribution < -0.4 is 0 Å². The van der Waals surface area contributed by atoms with Crippen LogP contribution in [0.1, 0.15) is 43.0 Å². The first-order chi connectivity index (χ1) is 10.8. The molecule has 116 valence electrons. The van der Waals surface area contributed by atoms with Gasteiger partial charge in [-0.25, -0.2) is 9.97 Å². The van der Waals surface area contributed by atoms with Crippen LogP contribution in [0.4, 0.5) is 0 Å². The van der Waals surface area contributed by atoms with Gasteiger partial charge >= 0.3 is 0 Å². The second-order valence-electron chi connectivity index (χ2n) is 6.75. The fourth-order valence-corrected chi connectivity index (χ4v) is 3.47. The van der Waals surface area contributed by atoms with Gasteiger partial charge in [0.2, 0.25) is 0 Å². The van der Waals surface area contributed by atoms with Gasteiger partial charge in [0.25, 0.3) is 0 Å². The van der Waals surface area contributed by atoms with Crippen LogP contribution in [0, 0.1) is 12.8 Å². The molecule has 2 aromatic rings. The van der Waals surface area contributed by atoms with E-state index in [-0.39, 0.29) is 0 Å². The summed E-state index contributed by atoms with van der Waals surface area (Å²) in [6, 6.07) is 0. The molecule has 1 aliphatic heterocycles. The minimum absolute atomic E-state index is 0.474. The van der Waals surface area contributed by atoms with Crippen LogP contribution >= 0.6 is 0 Å². The zero-order valence-corrected chi connectivity index (χ0v) is 13.1. The van der Waals surface area contributed by atoms with Crippen molar-refractivity contribution in [1.29, 1.82) is 0 Å². The van der Waals surface area contributed by atoms with Crippen LogP contribution in [0.25, 0.3) is 11.5 Å². The Morgan fingerprint density at radius 1 is 1.18 bits per heavy atom. The van der Waals surface area contributed by atoms with Crippen LogP contribution in [-0.4, -0.2) is 44.5 Å². The van der Waals surface area contributed by atoms with Gasteiger partial charge in [-0.05, 0) is 45.1 Å². The van der Waals surface area contributed by atoms with Crippen LogP contribution in [0.15, 0.2) is 18.6 Å². The molecular weight excluding hydrogens is 274 g/mol. The van der Waals surface area contributed by atoms with Crippen LogP contribution in [0.3, 0.4) is 0 Å². The fraction of sp³-hybridized carbons (Fsp3) is 0.588. The molecule has 22 heavy (non-hydrogen) atoms. The SMILES string of the molecule is Cc1cnc(-c2nccnc2[C@H]2CCCN(CC3CC3)C2)[nH]1. The number of imidazole rings is 1. The van der Waals surface area contributed by atoms with Crippen molar-refractivity contribution in [3.8, 4) is 11.5 Å². The van der Waals surface area contributed by atoms with Crippen molar-refractivity contribution in [1.82, 2.24) is 24.8 Å². The number of H-pyrrole nitrogens is 1. The summed E-state index contributed by atoms with van der Waals surface area (Å²) >= 11 is 0. The maximum absolute atomic E-state index is 4.67. The average Bonchev–Trinajstić information content (AvgIpc) is 3.25. The standard InChI is InChI=1S/C17H23N5/c1-12-9-20-17(21-12)16-15(18-6-7-19-16)14-3-2-8-22(11-14)10-13-4-5-13/h6-7,9,13-14H,2-5,8,10-11H2,1H3,(H,20,21)/t14-/m0/s1. The van der Waals surface area contributed by atoms with E-state index in [1.54, 1.807) is 6.20 Å². The van der Waals surface area contributed by atoms with E-state index in [2.05, 4.69) is 24.8 Å². The summed E-state index contributed by atoms with van der Waals surface area (Å²) in [5, 5.41) is 0. The number of nitrogens with zero attached hydrogens (tertiary/aromatic N) is 4. The quantitative estimate of drug-likeness (QED) is 0.942. The monoisotopic (exact) mass is 297 g/mol. The Morgan fingerprint density at radius 3 is 2.82 bits per heavy atom. The van der Waals surface area contributed by atoms with Crippen LogP contribution in [-0.2, 0) is 0 Å². The van der Waals surface area contributed by atoms with Crippen molar-refractivity contribution in [2.24, 2.45) is 5.92 Å². The summed E-state index contributed by atoms with van der Waals surface area (Å²) in [6.45, 7) is 5.64. The predicted molar refractivity (Wildman–Crippen MR) is 85.5 cm³/mol. The molecule has 1 aliphatic carbocycles. The molecule has 2 fully saturated rings. The van der Waals surface area contributed by atoms with E-state index in [9.17, 15) is 0 Å². The van der Waals surface area contributed by atoms with E-state index in [1.165, 1.54) is 38.8 Å². The molecule has 5 nitrogen and oxygen atoms in total. The Balaban J connectivity index is 1.58. The number of rotatable bonds is 4. The van der Waals surface area contributed by atoms with E-state index < -0.39 is 0 Å². The molecule has 1 N–H and O–H groups in total. The molecular formula is C17H23N5. The zero-order chi connectivity index (χ0) is 14.9. The molecule has 0 spiro atoms. The highest BCUT2D eigenvalue weighted by Gasteiger charge is 2.30. The molecule has 2 aliphatic rings. The lowest BCUT2D eigenvalue weighted by Crippen LogP contribution is -2.36. The van der Waals surface area contributed by atoms with Gasteiger partial charge in [-0.3, -0.25) is 4.98 Å². The minimum Gasteiger partial charge on any atom is -0.341 e. The fourth-order valence-electron chi connectivity index (χ4n) is 3.47. The summed E-state index contributed by atoms with van der Waals surface area (Å²) in [7, 11) is 0. The van der Waals surface area contributed by atoms with Crippen molar-refractivity contribution in [3.63, 3.8) is 0 Å². The Bertz CT molecular complexity index is 646. The third kappa shape index (κ3) is 2.90. The third-order valence-corrected chi connectivity index (χ3v) is 4.76. The van der Waals surface area contributed by atoms with E-state index in [4.69, 9.17) is 0 Å². The summed E-state index contributed by atoms with van der Waals surface area (Å²) in [5.74, 6) is 2.27. The molecule has 0 radical (unpaired) electrons. The highest BCUT2D eigenvalue weighted by Crippen LogP contribution is 2.34. The minimum atomic E-state index is 0.474. The van der Waals surface area contributed by atoms with Crippen molar-refractivity contribution in [2.45, 2.75) is 38.5 Å². The molecule has 1 saturated carbocycles. The van der Waals surface area contributed by atoms with E-state index in [0.717, 1.165) is 35.4 Å². The number of hydrogen-bond donors (Lipinski definition) is 1. The van der Waals surface area contributed by atoms with Gasteiger partial charge in [-0.1, -0.05) is 0 Å². The Labute approximate surface area is 131 Å². The predicted octanol–water partition coefficient (Wildman–Crippen LogP) is 2.76. The number of piperidine rings is 1. The molecule has 0 amide bonds. The lowest BCUT2D eigenvalue weighted by molar-refractivity contribution is 0.199. The molecule has 5 heteroatoms. The Morgan fingerprint density at radius 2 is 2.05 bits per heavy atom. The Kier molecular flexibility index (Phi) is 3.66. The van der Waals surface area contributed by atoms with Crippen molar-refractivity contribution in [3.05, 3.63) is 30.0 Å². The van der Waals surface area contributed by atoms with E-state index in [1.807, 2.05) is 19.3 Å². The zero-order valence-electron chi connectivity index (χ0n) is 13.1. The van der Waals surface area contributed by atoms with Gasteiger partial charge in [-0.15, -0.1) is 0 Å². The number of aromatic amines is 1. The maximum atomic E-state index is 4.67. The van der Waals surface area contributed by atoms with Gasteiger partial charge in [-0.2, -0.15) is 0 Å². The molecule has 3 heterocycles. The highest BCUT2D eigenvalue weighted by molar-refractivity contribution is 5.53. The van der Waals surface area contributed by atoms with Crippen LogP contribution in [0.2, 0.25) is 0 Å². The van der Waals surface area contributed by atoms with Gasteiger partial charge in [0.1, 0.15) is 5.69 Å². The average molecular weight is 297 g/mol. The van der Waals surface area contributed by atoms with Crippen LogP contribution in [0.5, 0.6) is 0 Å². The first kappa shape index (κ1) is 13.9. The summed E-state index contributed by atoms with van der Waals surface area (Å²) in [5.41, 5.74) is 3.09. The van der Waals surface area contributed by atoms with Gasteiger partial charge in [0.05, 0.1) is 5.69 Å². The summed E-state index contributed by atoms with van der Waals surface area (Å²) < 4.78 is 0. The summed E-state index contributed by atoms with van der Waals surface area (Å²) in [6.07, 6.45) is 10.7. The van der Waals surface area contributed by atoms with Crippen molar-refractivity contribution >= 4 is 0 Å². The van der Waals surface area contributed by atoms with E-state index >= 15 is 0 Å². The third-order valence-electron chi connectivity index (χ3n) is 4.76. The topological polar surface area (TPSA) is 57.7 Å². The molecule has 1 saturated heterocycles. The number of hydrogen-bond acceptors (Lipinski definition) is 4.